The minimum Gasteiger partial charge on any atom is -0.360 e. The molecule has 0 aromatic carbocycles. The number of hydrogen-bond acceptors (Lipinski definition) is 5. The summed E-state index contributed by atoms with van der Waals surface area (Å²) in [6, 6.07) is 3.24. The zero-order valence-corrected chi connectivity index (χ0v) is 15.2. The molecule has 8 nitrogen and oxygen atoms in total. The van der Waals surface area contributed by atoms with Gasteiger partial charge in [0, 0.05) is 36.4 Å². The van der Waals surface area contributed by atoms with Crippen molar-refractivity contribution in [1.29, 1.82) is 0 Å². The number of aromatic nitrogens is 4. The van der Waals surface area contributed by atoms with E-state index in [2.05, 4.69) is 15.2 Å². The topological polar surface area (TPSA) is 96.5 Å². The van der Waals surface area contributed by atoms with E-state index in [1.54, 1.807) is 6.92 Å². The summed E-state index contributed by atoms with van der Waals surface area (Å²) in [6.07, 6.45) is 5.60. The molecule has 2 aliphatic rings. The molecule has 1 amide bonds. The Morgan fingerprint density at radius 1 is 1.26 bits per heavy atom. The molecule has 4 heterocycles. The summed E-state index contributed by atoms with van der Waals surface area (Å²) in [5.74, 6) is 0.775. The summed E-state index contributed by atoms with van der Waals surface area (Å²) in [6.45, 7) is 2.47. The molecule has 1 fully saturated rings. The smallest absolute Gasteiger partial charge is 0.276 e. The van der Waals surface area contributed by atoms with Crippen molar-refractivity contribution >= 4 is 11.6 Å². The van der Waals surface area contributed by atoms with Gasteiger partial charge in [0.15, 0.2) is 11.3 Å². The first kappa shape index (κ1) is 16.3. The monoisotopic (exact) mass is 367 g/mol. The van der Waals surface area contributed by atoms with Gasteiger partial charge >= 0.3 is 0 Å². The number of aryl methyl sites for hydroxylation is 2. The van der Waals surface area contributed by atoms with Crippen LogP contribution in [0.2, 0.25) is 0 Å². The molecule has 3 aromatic heterocycles. The Morgan fingerprint density at radius 2 is 2.11 bits per heavy atom. The summed E-state index contributed by atoms with van der Waals surface area (Å²) >= 11 is 0. The van der Waals surface area contributed by atoms with Gasteiger partial charge in [0.05, 0.1) is 11.7 Å². The Bertz CT molecular complexity index is 1090. The van der Waals surface area contributed by atoms with Gasteiger partial charge < -0.3 is 9.42 Å². The molecule has 1 atom stereocenters. The largest absolute Gasteiger partial charge is 0.360 e. The molecule has 0 bridgehead atoms. The Kier molecular flexibility index (Phi) is 3.66. The first-order chi connectivity index (χ1) is 13.1. The van der Waals surface area contributed by atoms with Gasteiger partial charge in [-0.2, -0.15) is 0 Å². The highest BCUT2D eigenvalue weighted by molar-refractivity contribution is 5.94. The van der Waals surface area contributed by atoms with E-state index in [1.165, 1.54) is 10.6 Å². The lowest BCUT2D eigenvalue weighted by Crippen LogP contribution is -2.32. The van der Waals surface area contributed by atoms with Crippen molar-refractivity contribution in [2.24, 2.45) is 0 Å². The van der Waals surface area contributed by atoms with E-state index in [-0.39, 0.29) is 17.5 Å². The lowest BCUT2D eigenvalue weighted by molar-refractivity contribution is 0.0721. The van der Waals surface area contributed by atoms with Gasteiger partial charge in [-0.3, -0.25) is 14.7 Å². The predicted molar refractivity (Wildman–Crippen MR) is 96.7 cm³/mol. The summed E-state index contributed by atoms with van der Waals surface area (Å²) in [5.41, 5.74) is 3.37. The number of fused-ring (bicyclic) bond motifs is 2. The SMILES string of the molecule is Cc1cc(=O)n2[nH]c([C@H]3CCCN3C(=O)c3noc4c3CCCC4)cc2n1. The first-order valence-electron chi connectivity index (χ1n) is 9.49. The lowest BCUT2D eigenvalue weighted by Gasteiger charge is -2.23. The van der Waals surface area contributed by atoms with Gasteiger partial charge in [-0.05, 0) is 39.0 Å². The van der Waals surface area contributed by atoms with Crippen molar-refractivity contribution in [1.82, 2.24) is 24.7 Å². The molecule has 0 saturated carbocycles. The second-order valence-corrected chi connectivity index (χ2v) is 7.44. The average molecular weight is 367 g/mol. The third-order valence-corrected chi connectivity index (χ3v) is 5.62. The van der Waals surface area contributed by atoms with Crippen LogP contribution >= 0.6 is 0 Å². The standard InChI is InChI=1S/C19H21N5O3/c1-11-9-17(25)24-16(20-11)10-13(21-24)14-6-4-8-23(14)19(26)18-12-5-2-3-7-15(12)27-22-18/h9-10,14,21H,2-8H2,1H3/t14-/m1/s1. The lowest BCUT2D eigenvalue weighted by atomic mass is 9.96. The van der Waals surface area contributed by atoms with Crippen LogP contribution in [0.4, 0.5) is 0 Å². The predicted octanol–water partition coefficient (Wildman–Crippen LogP) is 2.18. The van der Waals surface area contributed by atoms with Crippen LogP contribution in [0.3, 0.4) is 0 Å². The van der Waals surface area contributed by atoms with Crippen molar-refractivity contribution in [3.63, 3.8) is 0 Å². The summed E-state index contributed by atoms with van der Waals surface area (Å²) < 4.78 is 6.86. The highest BCUT2D eigenvalue weighted by Gasteiger charge is 2.35. The molecule has 1 aliphatic carbocycles. The quantitative estimate of drug-likeness (QED) is 0.749. The zero-order chi connectivity index (χ0) is 18.5. The van der Waals surface area contributed by atoms with E-state index in [9.17, 15) is 9.59 Å². The summed E-state index contributed by atoms with van der Waals surface area (Å²) in [5, 5.41) is 7.22. The molecule has 8 heteroatoms. The van der Waals surface area contributed by atoms with Crippen molar-refractivity contribution < 1.29 is 9.32 Å². The van der Waals surface area contributed by atoms with Crippen molar-refractivity contribution in [2.45, 2.75) is 51.5 Å². The summed E-state index contributed by atoms with van der Waals surface area (Å²) in [7, 11) is 0. The van der Waals surface area contributed by atoms with Crippen LogP contribution in [0.1, 0.15) is 64.9 Å². The van der Waals surface area contributed by atoms with Gasteiger partial charge in [0.1, 0.15) is 5.76 Å². The third-order valence-electron chi connectivity index (χ3n) is 5.62. The maximum atomic E-state index is 13.2. The molecular formula is C19H21N5O3. The van der Waals surface area contributed by atoms with Crippen molar-refractivity contribution in [2.75, 3.05) is 6.54 Å². The Balaban J connectivity index is 1.50. The number of carbonyl (C=O) groups is 1. The Morgan fingerprint density at radius 3 is 3.00 bits per heavy atom. The molecule has 1 saturated heterocycles. The van der Waals surface area contributed by atoms with Gasteiger partial charge in [-0.15, -0.1) is 0 Å². The van der Waals surface area contributed by atoms with E-state index in [0.717, 1.165) is 55.5 Å². The number of likely N-dealkylation sites (tertiary alicyclic amines) is 1. The second-order valence-electron chi connectivity index (χ2n) is 7.44. The maximum absolute atomic E-state index is 13.2. The van der Waals surface area contributed by atoms with Gasteiger partial charge in [0.2, 0.25) is 0 Å². The first-order valence-corrected chi connectivity index (χ1v) is 9.49. The Labute approximate surface area is 155 Å². The van der Waals surface area contributed by atoms with E-state index in [1.807, 2.05) is 11.0 Å². The molecule has 0 spiro atoms. The molecule has 5 rings (SSSR count). The molecule has 140 valence electrons. The van der Waals surface area contributed by atoms with Crippen LogP contribution in [-0.2, 0) is 12.8 Å². The number of rotatable bonds is 2. The number of amides is 1. The van der Waals surface area contributed by atoms with E-state index < -0.39 is 0 Å². The molecule has 0 radical (unpaired) electrons. The minimum absolute atomic E-state index is 0.0838. The van der Waals surface area contributed by atoms with Crippen molar-refractivity contribution in [3.05, 3.63) is 50.9 Å². The minimum atomic E-state index is -0.148. The van der Waals surface area contributed by atoms with Gasteiger partial charge in [0.25, 0.3) is 11.5 Å². The number of nitrogens with one attached hydrogen (secondary N) is 1. The van der Waals surface area contributed by atoms with Gasteiger partial charge in [-0.25, -0.2) is 9.50 Å². The van der Waals surface area contributed by atoms with E-state index in [4.69, 9.17) is 4.52 Å². The Hall–Kier alpha value is -2.90. The molecule has 3 aromatic rings. The fraction of sp³-hybridized carbons (Fsp3) is 0.474. The van der Waals surface area contributed by atoms with Crippen LogP contribution in [0.5, 0.6) is 0 Å². The van der Waals surface area contributed by atoms with Crippen LogP contribution in [0.15, 0.2) is 21.5 Å². The fourth-order valence-electron chi connectivity index (χ4n) is 4.32. The van der Waals surface area contributed by atoms with Crippen LogP contribution in [0, 0.1) is 6.92 Å². The van der Waals surface area contributed by atoms with E-state index >= 15 is 0 Å². The highest BCUT2D eigenvalue weighted by Crippen LogP contribution is 2.34. The second kappa shape index (κ2) is 6.07. The number of hydrogen-bond donors (Lipinski definition) is 1. The summed E-state index contributed by atoms with van der Waals surface area (Å²) in [4.78, 5) is 31.6. The zero-order valence-electron chi connectivity index (χ0n) is 15.2. The highest BCUT2D eigenvalue weighted by atomic mass is 16.5. The van der Waals surface area contributed by atoms with Crippen LogP contribution in [-0.4, -0.2) is 37.1 Å². The third kappa shape index (κ3) is 2.58. The van der Waals surface area contributed by atoms with Crippen LogP contribution in [0.25, 0.3) is 5.65 Å². The molecule has 0 unspecified atom stereocenters. The average Bonchev–Trinajstić information content (AvgIpc) is 3.38. The number of aromatic amines is 1. The van der Waals surface area contributed by atoms with E-state index in [0.29, 0.717) is 23.6 Å². The normalized spacial score (nSPS) is 19.6. The van der Waals surface area contributed by atoms with Crippen molar-refractivity contribution in [3.8, 4) is 0 Å². The number of carbonyl (C=O) groups excluding carboxylic acids is 1. The molecular weight excluding hydrogens is 346 g/mol. The molecule has 27 heavy (non-hydrogen) atoms. The fourth-order valence-corrected chi connectivity index (χ4v) is 4.32. The van der Waals surface area contributed by atoms with Crippen LogP contribution < -0.4 is 5.56 Å². The number of H-pyrrole nitrogens is 1. The molecule has 1 aliphatic heterocycles. The number of nitrogens with zero attached hydrogens (tertiary/aromatic N) is 4. The maximum Gasteiger partial charge on any atom is 0.276 e. The van der Waals surface area contributed by atoms with Gasteiger partial charge in [-0.1, -0.05) is 5.16 Å². The molecule has 1 N–H and O–H groups in total.